The van der Waals surface area contributed by atoms with Crippen LogP contribution in [0, 0.1) is 5.82 Å². The van der Waals surface area contributed by atoms with Crippen molar-refractivity contribution in [3.05, 3.63) is 42.3 Å². The maximum atomic E-state index is 13.8. The van der Waals surface area contributed by atoms with E-state index in [9.17, 15) is 14.0 Å². The number of anilines is 2. The molecular formula is C18H18FN3O4. The van der Waals surface area contributed by atoms with Crippen LogP contribution in [0.1, 0.15) is 13.8 Å². The summed E-state index contributed by atoms with van der Waals surface area (Å²) in [6.07, 6.45) is 1.54. The molecule has 3 rings (SSSR count). The minimum absolute atomic E-state index is 0.0522. The Hall–Kier alpha value is -3.16. The second-order valence-electron chi connectivity index (χ2n) is 5.81. The molecule has 0 radical (unpaired) electrons. The van der Waals surface area contributed by atoms with E-state index in [2.05, 4.69) is 10.3 Å². The van der Waals surface area contributed by atoms with E-state index in [0.29, 0.717) is 18.1 Å². The Morgan fingerprint density at radius 1 is 1.42 bits per heavy atom. The number of nitrogens with one attached hydrogen (secondary N) is 1. The molecule has 1 unspecified atom stereocenters. The number of ether oxygens (including phenoxy) is 2. The number of rotatable bonds is 4. The molecule has 2 aromatic rings. The Morgan fingerprint density at radius 3 is 2.85 bits per heavy atom. The first-order valence-corrected chi connectivity index (χ1v) is 8.01. The van der Waals surface area contributed by atoms with Gasteiger partial charge < -0.3 is 14.8 Å². The quantitative estimate of drug-likeness (QED) is 0.848. The molecule has 0 saturated heterocycles. The summed E-state index contributed by atoms with van der Waals surface area (Å²) in [4.78, 5) is 31.2. The molecule has 26 heavy (non-hydrogen) atoms. The van der Waals surface area contributed by atoms with Crippen molar-refractivity contribution in [3.63, 3.8) is 0 Å². The van der Waals surface area contributed by atoms with Crippen molar-refractivity contribution < 1.29 is 23.5 Å². The lowest BCUT2D eigenvalue weighted by Crippen LogP contribution is -2.60. The summed E-state index contributed by atoms with van der Waals surface area (Å²) in [5.74, 6) is -1.14. The maximum absolute atomic E-state index is 13.8. The molecule has 1 aromatic carbocycles. The maximum Gasteiger partial charge on any atom is 0.282 e. The van der Waals surface area contributed by atoms with Crippen molar-refractivity contribution in [1.29, 1.82) is 0 Å². The van der Waals surface area contributed by atoms with E-state index in [1.165, 1.54) is 31.1 Å². The number of fused-ring (bicyclic) bond motifs is 1. The fourth-order valence-corrected chi connectivity index (χ4v) is 2.71. The molecule has 8 heteroatoms. The van der Waals surface area contributed by atoms with Crippen molar-refractivity contribution >= 4 is 23.3 Å². The number of halogens is 1. The van der Waals surface area contributed by atoms with Crippen LogP contribution in [0.3, 0.4) is 0 Å². The highest BCUT2D eigenvalue weighted by atomic mass is 19.1. The third kappa shape index (κ3) is 2.83. The zero-order valence-corrected chi connectivity index (χ0v) is 14.6. The number of methoxy groups -OCH3 is 1. The van der Waals surface area contributed by atoms with Crippen molar-refractivity contribution in [2.45, 2.75) is 19.4 Å². The molecule has 7 nitrogen and oxygen atoms in total. The Morgan fingerprint density at radius 2 is 2.19 bits per heavy atom. The Labute approximate surface area is 149 Å². The van der Waals surface area contributed by atoms with Gasteiger partial charge in [-0.1, -0.05) is 0 Å². The van der Waals surface area contributed by atoms with Gasteiger partial charge in [-0.2, -0.15) is 0 Å². The van der Waals surface area contributed by atoms with Gasteiger partial charge >= 0.3 is 0 Å². The molecule has 0 aliphatic carbocycles. The van der Waals surface area contributed by atoms with Gasteiger partial charge in [0.25, 0.3) is 17.4 Å². The minimum Gasteiger partial charge on any atom is -0.494 e. The zero-order valence-electron chi connectivity index (χ0n) is 14.6. The van der Waals surface area contributed by atoms with E-state index in [1.54, 1.807) is 25.3 Å². The number of hydrogen-bond acceptors (Lipinski definition) is 5. The van der Waals surface area contributed by atoms with Gasteiger partial charge in [-0.3, -0.25) is 14.5 Å². The van der Waals surface area contributed by atoms with Gasteiger partial charge in [-0.25, -0.2) is 9.37 Å². The number of pyridine rings is 1. The number of carbonyl (C=O) groups excluding carboxylic acids is 2. The van der Waals surface area contributed by atoms with E-state index in [0.717, 1.165) is 6.07 Å². The molecule has 1 aliphatic rings. The summed E-state index contributed by atoms with van der Waals surface area (Å²) in [5.41, 5.74) is -1.62. The van der Waals surface area contributed by atoms with E-state index < -0.39 is 23.2 Å². The number of hydrogen-bond donors (Lipinski definition) is 1. The first-order chi connectivity index (χ1) is 12.4. The van der Waals surface area contributed by atoms with Gasteiger partial charge in [0.1, 0.15) is 0 Å². The molecule has 0 saturated carbocycles. The SMILES string of the molecule is CCN1C(=O)C(C)(C(=O)Nc2ccc(OC)c(F)c2)Oc2cccnc21. The van der Waals surface area contributed by atoms with Gasteiger partial charge in [-0.15, -0.1) is 0 Å². The highest BCUT2D eigenvalue weighted by molar-refractivity contribution is 6.19. The van der Waals surface area contributed by atoms with Crippen LogP contribution < -0.4 is 19.7 Å². The third-order valence-electron chi connectivity index (χ3n) is 4.13. The molecule has 0 fully saturated rings. The molecule has 2 heterocycles. The van der Waals surface area contributed by atoms with Crippen LogP contribution in [0.4, 0.5) is 15.9 Å². The normalized spacial score (nSPS) is 18.8. The summed E-state index contributed by atoms with van der Waals surface area (Å²) >= 11 is 0. The molecular weight excluding hydrogens is 341 g/mol. The van der Waals surface area contributed by atoms with Crippen LogP contribution in [-0.2, 0) is 9.59 Å². The van der Waals surface area contributed by atoms with Crippen molar-refractivity contribution in [3.8, 4) is 11.5 Å². The van der Waals surface area contributed by atoms with Crippen LogP contribution in [0.15, 0.2) is 36.5 Å². The number of likely N-dealkylation sites (N-methyl/N-ethyl adjacent to an activating group) is 1. The second kappa shape index (κ2) is 6.62. The molecule has 0 bridgehead atoms. The van der Waals surface area contributed by atoms with Crippen LogP contribution in [0.2, 0.25) is 0 Å². The first-order valence-electron chi connectivity index (χ1n) is 8.01. The van der Waals surface area contributed by atoms with Gasteiger partial charge in [0.05, 0.1) is 7.11 Å². The molecule has 1 N–H and O–H groups in total. The van der Waals surface area contributed by atoms with Crippen LogP contribution in [0.25, 0.3) is 0 Å². The Kier molecular flexibility index (Phi) is 4.50. The highest BCUT2D eigenvalue weighted by Gasteiger charge is 2.50. The highest BCUT2D eigenvalue weighted by Crippen LogP contribution is 2.36. The van der Waals surface area contributed by atoms with Crippen LogP contribution in [-0.4, -0.2) is 36.1 Å². The van der Waals surface area contributed by atoms with Gasteiger partial charge in [0.2, 0.25) is 0 Å². The fourth-order valence-electron chi connectivity index (χ4n) is 2.71. The fraction of sp³-hybridized carbons (Fsp3) is 0.278. The molecule has 1 atom stereocenters. The third-order valence-corrected chi connectivity index (χ3v) is 4.13. The van der Waals surface area contributed by atoms with Gasteiger partial charge in [0, 0.05) is 24.5 Å². The number of nitrogens with zero attached hydrogens (tertiary/aromatic N) is 2. The van der Waals surface area contributed by atoms with Gasteiger partial charge in [0.15, 0.2) is 23.1 Å². The molecule has 0 spiro atoms. The van der Waals surface area contributed by atoms with E-state index in [1.807, 2.05) is 0 Å². The zero-order chi connectivity index (χ0) is 18.9. The Bertz CT molecular complexity index is 873. The second-order valence-corrected chi connectivity index (χ2v) is 5.81. The topological polar surface area (TPSA) is 80.8 Å². The van der Waals surface area contributed by atoms with E-state index >= 15 is 0 Å². The smallest absolute Gasteiger partial charge is 0.282 e. The molecule has 1 aromatic heterocycles. The summed E-state index contributed by atoms with van der Waals surface area (Å²) < 4.78 is 24.4. The van der Waals surface area contributed by atoms with E-state index in [-0.39, 0.29) is 11.4 Å². The van der Waals surface area contributed by atoms with Crippen LogP contribution >= 0.6 is 0 Å². The number of carbonyl (C=O) groups is 2. The lowest BCUT2D eigenvalue weighted by Gasteiger charge is -2.38. The standard InChI is InChI=1S/C18H18FN3O4/c1-4-22-15-14(6-5-9-20-15)26-18(2,17(22)24)16(23)21-11-7-8-13(25-3)12(19)10-11/h5-10H,4H2,1-3H3,(H,21,23). The number of amides is 2. The largest absolute Gasteiger partial charge is 0.494 e. The van der Waals surface area contributed by atoms with Crippen LogP contribution in [0.5, 0.6) is 11.5 Å². The lowest BCUT2D eigenvalue weighted by molar-refractivity contribution is -0.145. The summed E-state index contributed by atoms with van der Waals surface area (Å²) in [6, 6.07) is 7.26. The predicted octanol–water partition coefficient (Wildman–Crippen LogP) is 2.37. The van der Waals surface area contributed by atoms with Crippen molar-refractivity contribution in [2.24, 2.45) is 0 Å². The number of aromatic nitrogens is 1. The minimum atomic E-state index is -1.80. The Balaban J connectivity index is 1.91. The molecule has 136 valence electrons. The first kappa shape index (κ1) is 17.7. The summed E-state index contributed by atoms with van der Waals surface area (Å²) in [7, 11) is 1.34. The molecule has 2 amide bonds. The van der Waals surface area contributed by atoms with Gasteiger partial charge in [-0.05, 0) is 38.1 Å². The summed E-state index contributed by atoms with van der Waals surface area (Å²) in [5, 5.41) is 2.52. The van der Waals surface area contributed by atoms with Crippen molar-refractivity contribution in [1.82, 2.24) is 4.98 Å². The monoisotopic (exact) mass is 359 g/mol. The predicted molar refractivity (Wildman–Crippen MR) is 92.9 cm³/mol. The average molecular weight is 359 g/mol. The lowest BCUT2D eigenvalue weighted by atomic mass is 10.0. The van der Waals surface area contributed by atoms with E-state index in [4.69, 9.17) is 9.47 Å². The summed E-state index contributed by atoms with van der Waals surface area (Å²) in [6.45, 7) is 3.48. The number of benzene rings is 1. The average Bonchev–Trinajstić information content (AvgIpc) is 2.63. The molecule has 1 aliphatic heterocycles. The van der Waals surface area contributed by atoms with Crippen molar-refractivity contribution in [2.75, 3.05) is 23.9 Å².